The quantitative estimate of drug-likeness (QED) is 0.436. The second kappa shape index (κ2) is 0.732. The van der Waals surface area contributed by atoms with Gasteiger partial charge in [0.15, 0.2) is 0 Å². The summed E-state index contributed by atoms with van der Waals surface area (Å²) in [5.74, 6) is 9.39. The maximum Gasteiger partial charge on any atom is -0.0135 e. The van der Waals surface area contributed by atoms with Gasteiger partial charge in [0.05, 0.1) is 0 Å². The molecule has 10 heavy (non-hydrogen) atoms. The van der Waals surface area contributed by atoms with Gasteiger partial charge < -0.3 is 0 Å². The van der Waals surface area contributed by atoms with Crippen LogP contribution in [-0.4, -0.2) is 0 Å². The Bertz CT molecular complexity index is 242. The summed E-state index contributed by atoms with van der Waals surface area (Å²) in [6, 6.07) is 0. The normalized spacial score (nSPS) is 90.2. The van der Waals surface area contributed by atoms with Crippen LogP contribution >= 0.6 is 0 Å². The highest BCUT2D eigenvalue weighted by Gasteiger charge is 2.91. The van der Waals surface area contributed by atoms with Gasteiger partial charge in [-0.15, -0.1) is 0 Å². The van der Waals surface area contributed by atoms with Crippen LogP contribution in [0.25, 0.3) is 0 Å². The van der Waals surface area contributed by atoms with Crippen molar-refractivity contribution < 1.29 is 0 Å². The topological polar surface area (TPSA) is 0 Å². The summed E-state index contributed by atoms with van der Waals surface area (Å²) in [4.78, 5) is 0. The predicted octanol–water partition coefficient (Wildman–Crippen LogP) is 1.54. The second-order valence-electron chi connectivity index (χ2n) is 5.09. The highest BCUT2D eigenvalue weighted by atomic mass is 15.0. The van der Waals surface area contributed by atoms with Crippen molar-refractivity contribution >= 4 is 0 Å². The summed E-state index contributed by atoms with van der Waals surface area (Å²) in [7, 11) is 0. The molecule has 0 aromatic heterocycles. The summed E-state index contributed by atoms with van der Waals surface area (Å²) >= 11 is 0. The summed E-state index contributed by atoms with van der Waals surface area (Å²) in [5.41, 5.74) is 1.69. The van der Waals surface area contributed by atoms with E-state index < -0.39 is 0 Å². The van der Waals surface area contributed by atoms with Crippen LogP contribution in [0.1, 0.15) is 0 Å². The van der Waals surface area contributed by atoms with Crippen molar-refractivity contribution in [2.75, 3.05) is 0 Å². The fourth-order valence-corrected chi connectivity index (χ4v) is 5.62. The van der Waals surface area contributed by atoms with E-state index >= 15 is 0 Å². The van der Waals surface area contributed by atoms with E-state index in [0.717, 1.165) is 11.8 Å². The Morgan fingerprint density at radius 1 is 0.700 bits per heavy atom. The van der Waals surface area contributed by atoms with Gasteiger partial charge in [0, 0.05) is 0 Å². The van der Waals surface area contributed by atoms with E-state index in [-0.39, 0.29) is 0 Å². The van der Waals surface area contributed by atoms with E-state index in [2.05, 4.69) is 6.58 Å². The third-order valence-corrected chi connectivity index (χ3v) is 5.63. The molecule has 0 aliphatic heterocycles. The van der Waals surface area contributed by atoms with Gasteiger partial charge in [0.1, 0.15) is 0 Å². The van der Waals surface area contributed by atoms with Gasteiger partial charge in [0.2, 0.25) is 0 Å². The van der Waals surface area contributed by atoms with E-state index in [0.29, 0.717) is 0 Å². The maximum atomic E-state index is 4.25. The number of rotatable bonds is 0. The lowest BCUT2D eigenvalue weighted by Crippen LogP contribution is -2.81. The molecule has 0 amide bonds. The zero-order valence-corrected chi connectivity index (χ0v) is 5.83. The van der Waals surface area contributed by atoms with Crippen LogP contribution in [-0.2, 0) is 0 Å². The van der Waals surface area contributed by atoms with Crippen LogP contribution in [0.4, 0.5) is 0 Å². The van der Waals surface area contributed by atoms with Gasteiger partial charge >= 0.3 is 0 Å². The molecule has 6 aliphatic rings. The zero-order chi connectivity index (χ0) is 6.20. The van der Waals surface area contributed by atoms with Crippen LogP contribution in [0.3, 0.4) is 0 Å². The maximum absolute atomic E-state index is 4.25. The summed E-state index contributed by atoms with van der Waals surface area (Å²) in [5, 5.41) is 0. The lowest BCUT2D eigenvalue weighted by Gasteiger charge is -2.84. The minimum absolute atomic E-state index is 1.06. The minimum atomic E-state index is 1.06. The van der Waals surface area contributed by atoms with Gasteiger partial charge in [-0.2, -0.15) is 0 Å². The largest absolute Gasteiger partial charge is 0.0993 e. The first-order valence-electron chi connectivity index (χ1n) is 4.60. The van der Waals surface area contributed by atoms with E-state index in [1.54, 1.807) is 5.57 Å². The van der Waals surface area contributed by atoms with Crippen LogP contribution in [0, 0.1) is 47.3 Å². The van der Waals surface area contributed by atoms with Crippen LogP contribution in [0.5, 0.6) is 0 Å². The molecule has 0 radical (unpaired) electrons. The fraction of sp³-hybridized carbons (Fsp3) is 0.800. The molecule has 2 bridgehead atoms. The second-order valence-corrected chi connectivity index (χ2v) is 5.09. The Kier molecular flexibility index (Phi) is 0.289. The molecule has 50 valence electrons. The average molecular weight is 130 g/mol. The molecular formula is C10H10. The molecule has 0 heteroatoms. The number of allylic oxidation sites excluding steroid dienone is 1. The zero-order valence-electron chi connectivity index (χ0n) is 5.83. The standard InChI is InChI=1S/C10H10/c1-2-3-5-7-4(2)8-6(3)9(5)10(7)8/h3-10H,1H2. The SMILES string of the molecule is C=C1C2C3C4C1C1C2C3C41. The summed E-state index contributed by atoms with van der Waals surface area (Å²) in [6.45, 7) is 4.25. The van der Waals surface area contributed by atoms with Gasteiger partial charge in [-0.1, -0.05) is 12.2 Å². The lowest BCUT2D eigenvalue weighted by molar-refractivity contribution is -0.379. The molecule has 0 N–H and O–H groups in total. The molecule has 0 aromatic rings. The number of hydrogen-bond donors (Lipinski definition) is 0. The first-order valence-corrected chi connectivity index (χ1v) is 4.60. The Hall–Kier alpha value is -0.260. The third kappa shape index (κ3) is 0.131. The Labute approximate surface area is 60.3 Å². The molecule has 6 fully saturated rings. The molecule has 0 heterocycles. The summed E-state index contributed by atoms with van der Waals surface area (Å²) < 4.78 is 0. The fourth-order valence-electron chi connectivity index (χ4n) is 5.62. The molecule has 4 atom stereocenters. The van der Waals surface area contributed by atoms with Crippen LogP contribution < -0.4 is 0 Å². The molecule has 6 aliphatic carbocycles. The van der Waals surface area contributed by atoms with E-state index in [9.17, 15) is 0 Å². The molecule has 4 unspecified atom stereocenters. The third-order valence-electron chi connectivity index (χ3n) is 5.63. The average Bonchev–Trinajstić information content (AvgIpc) is 2.15. The molecule has 6 rings (SSSR count). The summed E-state index contributed by atoms with van der Waals surface area (Å²) in [6.07, 6.45) is 0. The molecule has 0 nitrogen and oxygen atoms in total. The van der Waals surface area contributed by atoms with Crippen molar-refractivity contribution in [2.45, 2.75) is 0 Å². The first kappa shape index (κ1) is 3.94. The highest BCUT2D eigenvalue weighted by Crippen LogP contribution is 2.95. The van der Waals surface area contributed by atoms with Crippen LogP contribution in [0.15, 0.2) is 12.2 Å². The van der Waals surface area contributed by atoms with Crippen molar-refractivity contribution in [1.82, 2.24) is 0 Å². The van der Waals surface area contributed by atoms with Crippen molar-refractivity contribution in [3.63, 3.8) is 0 Å². The number of hydrogen-bond acceptors (Lipinski definition) is 0. The molecule has 6 saturated carbocycles. The lowest BCUT2D eigenvalue weighted by atomic mass is 9.20. The van der Waals surface area contributed by atoms with E-state index in [4.69, 9.17) is 0 Å². The Morgan fingerprint density at radius 3 is 1.40 bits per heavy atom. The van der Waals surface area contributed by atoms with Gasteiger partial charge in [0.25, 0.3) is 0 Å². The molecule has 0 saturated heterocycles. The predicted molar refractivity (Wildman–Crippen MR) is 37.1 cm³/mol. The van der Waals surface area contributed by atoms with Crippen molar-refractivity contribution in [3.8, 4) is 0 Å². The monoisotopic (exact) mass is 130 g/mol. The first-order chi connectivity index (χ1) is 4.91. The van der Waals surface area contributed by atoms with Gasteiger partial charge in [-0.3, -0.25) is 0 Å². The van der Waals surface area contributed by atoms with Crippen molar-refractivity contribution in [3.05, 3.63) is 12.2 Å². The smallest absolute Gasteiger partial charge is 0.0135 e. The van der Waals surface area contributed by atoms with E-state index in [1.165, 1.54) is 35.5 Å². The highest BCUT2D eigenvalue weighted by molar-refractivity contribution is 5.48. The van der Waals surface area contributed by atoms with Crippen molar-refractivity contribution in [1.29, 1.82) is 0 Å². The molecule has 0 spiro atoms. The van der Waals surface area contributed by atoms with Crippen molar-refractivity contribution in [2.24, 2.45) is 47.3 Å². The van der Waals surface area contributed by atoms with Gasteiger partial charge in [-0.25, -0.2) is 0 Å². The molecule has 0 aromatic carbocycles. The van der Waals surface area contributed by atoms with E-state index in [1.807, 2.05) is 0 Å². The Morgan fingerprint density at radius 2 is 1.10 bits per heavy atom. The van der Waals surface area contributed by atoms with Crippen LogP contribution in [0.2, 0.25) is 0 Å². The Balaban J connectivity index is 1.95. The molecular weight excluding hydrogens is 120 g/mol. The minimum Gasteiger partial charge on any atom is -0.0993 e. The van der Waals surface area contributed by atoms with Gasteiger partial charge in [-0.05, 0) is 47.3 Å².